The first-order valence-electron chi connectivity index (χ1n) is 3.07. The number of rotatable bonds is 4. The van der Waals surface area contributed by atoms with E-state index in [-0.39, 0.29) is 18.0 Å². The Morgan fingerprint density at radius 2 is 2.00 bits per heavy atom. The normalized spacial score (nSPS) is 17.3. The van der Waals surface area contributed by atoms with Gasteiger partial charge in [0.15, 0.2) is 0 Å². The molecule has 0 aromatic carbocycles. The Morgan fingerprint density at radius 3 is 2.33 bits per heavy atom. The number of thioether (sulfide) groups is 1. The van der Waals surface area contributed by atoms with Gasteiger partial charge in [-0.2, -0.15) is 11.8 Å². The molecule has 0 spiro atoms. The Labute approximate surface area is 60.3 Å². The van der Waals surface area contributed by atoms with Crippen LogP contribution in [0.15, 0.2) is 0 Å². The highest BCUT2D eigenvalue weighted by molar-refractivity contribution is 7.99. The zero-order chi connectivity index (χ0) is 7.28. The summed E-state index contributed by atoms with van der Waals surface area (Å²) >= 11 is 1.58. The molecule has 2 nitrogen and oxygen atoms in total. The molecule has 0 aliphatic rings. The predicted octanol–water partition coefficient (Wildman–Crippen LogP) is 0.481. The average Bonchev–Trinajstić information content (AvgIpc) is 1.83. The van der Waals surface area contributed by atoms with Crippen molar-refractivity contribution in [3.8, 4) is 0 Å². The lowest BCUT2D eigenvalue weighted by molar-refractivity contribution is 0.220. The van der Waals surface area contributed by atoms with Crippen molar-refractivity contribution < 1.29 is 10.2 Å². The van der Waals surface area contributed by atoms with Crippen LogP contribution in [0, 0.1) is 0 Å². The van der Waals surface area contributed by atoms with E-state index in [4.69, 9.17) is 10.2 Å². The molecular formula is C6H14O2S. The minimum Gasteiger partial charge on any atom is -0.395 e. The molecule has 2 N–H and O–H groups in total. The van der Waals surface area contributed by atoms with Crippen LogP contribution < -0.4 is 0 Å². The van der Waals surface area contributed by atoms with E-state index in [0.717, 1.165) is 0 Å². The molecule has 0 rings (SSSR count). The summed E-state index contributed by atoms with van der Waals surface area (Å²) in [7, 11) is 0. The molecule has 0 aliphatic carbocycles. The summed E-state index contributed by atoms with van der Waals surface area (Å²) in [6.07, 6.45) is -0.260. The average molecular weight is 150 g/mol. The Bertz CT molecular complexity index is 66.1. The van der Waals surface area contributed by atoms with Crippen molar-refractivity contribution in [2.24, 2.45) is 0 Å². The molecule has 3 heteroatoms. The molecule has 0 aliphatic heterocycles. The maximum absolute atomic E-state index is 8.79. The summed E-state index contributed by atoms with van der Waals surface area (Å²) in [5.74, 6) is 0.710. The number of aliphatic hydroxyl groups is 2. The molecule has 0 fully saturated rings. The third-order valence-electron chi connectivity index (χ3n) is 0.879. The summed E-state index contributed by atoms with van der Waals surface area (Å²) in [5.41, 5.74) is 0. The second-order valence-electron chi connectivity index (χ2n) is 2.18. The van der Waals surface area contributed by atoms with Crippen LogP contribution >= 0.6 is 11.8 Å². The third-order valence-corrected chi connectivity index (χ3v) is 2.27. The van der Waals surface area contributed by atoms with E-state index in [1.165, 1.54) is 0 Å². The number of aliphatic hydroxyl groups excluding tert-OH is 2. The molecule has 2 atom stereocenters. The molecule has 0 radical (unpaired) electrons. The number of hydrogen-bond donors (Lipinski definition) is 2. The van der Waals surface area contributed by atoms with Gasteiger partial charge in [-0.25, -0.2) is 0 Å². The van der Waals surface area contributed by atoms with E-state index in [1.54, 1.807) is 18.7 Å². The van der Waals surface area contributed by atoms with Gasteiger partial charge in [0.1, 0.15) is 0 Å². The summed E-state index contributed by atoms with van der Waals surface area (Å²) in [6, 6.07) is 0. The maximum atomic E-state index is 8.79. The molecule has 0 saturated carbocycles. The van der Waals surface area contributed by atoms with E-state index >= 15 is 0 Å². The molecule has 9 heavy (non-hydrogen) atoms. The standard InChI is InChI=1S/C6H14O2S/c1-5(8)4-9-6(2)3-7/h5-8H,3-4H2,1-2H3/t5-,6?/m1/s1. The van der Waals surface area contributed by atoms with Gasteiger partial charge < -0.3 is 10.2 Å². The fraction of sp³-hybridized carbons (Fsp3) is 1.00. The van der Waals surface area contributed by atoms with Gasteiger partial charge in [-0.1, -0.05) is 6.92 Å². The van der Waals surface area contributed by atoms with Crippen LogP contribution in [0.4, 0.5) is 0 Å². The lowest BCUT2D eigenvalue weighted by Crippen LogP contribution is -2.09. The summed E-state index contributed by atoms with van der Waals surface area (Å²) in [4.78, 5) is 0. The van der Waals surface area contributed by atoms with E-state index < -0.39 is 0 Å². The zero-order valence-electron chi connectivity index (χ0n) is 5.87. The first kappa shape index (κ1) is 9.27. The van der Waals surface area contributed by atoms with Crippen molar-refractivity contribution >= 4 is 11.8 Å². The maximum Gasteiger partial charge on any atom is 0.0602 e. The van der Waals surface area contributed by atoms with Crippen LogP contribution in [0.25, 0.3) is 0 Å². The molecular weight excluding hydrogens is 136 g/mol. The second kappa shape index (κ2) is 5.09. The highest BCUT2D eigenvalue weighted by Gasteiger charge is 2.01. The van der Waals surface area contributed by atoms with E-state index in [9.17, 15) is 0 Å². The number of hydrogen-bond acceptors (Lipinski definition) is 3. The Morgan fingerprint density at radius 1 is 1.44 bits per heavy atom. The van der Waals surface area contributed by atoms with E-state index in [0.29, 0.717) is 5.75 Å². The van der Waals surface area contributed by atoms with Gasteiger partial charge in [0.2, 0.25) is 0 Å². The fourth-order valence-corrected chi connectivity index (χ4v) is 1.07. The van der Waals surface area contributed by atoms with Gasteiger partial charge in [-0.15, -0.1) is 0 Å². The molecule has 0 saturated heterocycles. The Kier molecular flexibility index (Phi) is 5.24. The SMILES string of the molecule is CC(CO)SC[C@@H](C)O. The molecule has 0 aromatic heterocycles. The van der Waals surface area contributed by atoms with Crippen molar-refractivity contribution in [1.29, 1.82) is 0 Å². The van der Waals surface area contributed by atoms with Gasteiger partial charge >= 0.3 is 0 Å². The highest BCUT2D eigenvalue weighted by atomic mass is 32.2. The molecule has 0 amide bonds. The molecule has 0 heterocycles. The monoisotopic (exact) mass is 150 g/mol. The quantitative estimate of drug-likeness (QED) is 0.612. The predicted molar refractivity (Wildman–Crippen MR) is 40.7 cm³/mol. The molecule has 0 aromatic rings. The molecule has 56 valence electrons. The van der Waals surface area contributed by atoms with Crippen molar-refractivity contribution in [1.82, 2.24) is 0 Å². The van der Waals surface area contributed by atoms with Crippen LogP contribution in [-0.2, 0) is 0 Å². The summed E-state index contributed by atoms with van der Waals surface area (Å²) in [6.45, 7) is 3.88. The molecule has 1 unspecified atom stereocenters. The van der Waals surface area contributed by atoms with Gasteiger partial charge in [-0.3, -0.25) is 0 Å². The van der Waals surface area contributed by atoms with Crippen molar-refractivity contribution in [3.63, 3.8) is 0 Å². The third kappa shape index (κ3) is 6.15. The van der Waals surface area contributed by atoms with Crippen LogP contribution in [0.2, 0.25) is 0 Å². The van der Waals surface area contributed by atoms with Gasteiger partial charge in [0.25, 0.3) is 0 Å². The van der Waals surface area contributed by atoms with Crippen LogP contribution in [0.1, 0.15) is 13.8 Å². The largest absolute Gasteiger partial charge is 0.395 e. The first-order valence-corrected chi connectivity index (χ1v) is 4.12. The second-order valence-corrected chi connectivity index (χ2v) is 3.65. The van der Waals surface area contributed by atoms with E-state index in [2.05, 4.69) is 0 Å². The van der Waals surface area contributed by atoms with Gasteiger partial charge in [0, 0.05) is 11.0 Å². The van der Waals surface area contributed by atoms with Crippen LogP contribution in [0.5, 0.6) is 0 Å². The Balaban J connectivity index is 3.06. The van der Waals surface area contributed by atoms with Crippen molar-refractivity contribution in [2.75, 3.05) is 12.4 Å². The molecule has 0 bridgehead atoms. The highest BCUT2D eigenvalue weighted by Crippen LogP contribution is 2.09. The van der Waals surface area contributed by atoms with Crippen LogP contribution in [-0.4, -0.2) is 33.9 Å². The van der Waals surface area contributed by atoms with Gasteiger partial charge in [0.05, 0.1) is 12.7 Å². The summed E-state index contributed by atoms with van der Waals surface area (Å²) in [5, 5.41) is 17.6. The smallest absolute Gasteiger partial charge is 0.0602 e. The van der Waals surface area contributed by atoms with E-state index in [1.807, 2.05) is 6.92 Å². The topological polar surface area (TPSA) is 40.5 Å². The zero-order valence-corrected chi connectivity index (χ0v) is 6.69. The minimum absolute atomic E-state index is 0.192. The first-order chi connectivity index (χ1) is 4.16. The van der Waals surface area contributed by atoms with Crippen molar-refractivity contribution in [3.05, 3.63) is 0 Å². The Hall–Kier alpha value is 0.270. The fourth-order valence-electron chi connectivity index (χ4n) is 0.356. The van der Waals surface area contributed by atoms with Crippen molar-refractivity contribution in [2.45, 2.75) is 25.2 Å². The lowest BCUT2D eigenvalue weighted by Gasteiger charge is -2.07. The van der Waals surface area contributed by atoms with Crippen LogP contribution in [0.3, 0.4) is 0 Å². The van der Waals surface area contributed by atoms with Gasteiger partial charge in [-0.05, 0) is 6.92 Å². The summed E-state index contributed by atoms with van der Waals surface area (Å²) < 4.78 is 0. The minimum atomic E-state index is -0.260. The lowest BCUT2D eigenvalue weighted by atomic mass is 10.5.